The monoisotopic (exact) mass is 1160 g/mol. The normalized spacial score (nSPS) is 24.3. The van der Waals surface area contributed by atoms with E-state index in [0.717, 1.165) is 64.2 Å². The Kier molecular flexibility index (Phi) is 49.0. The second-order valence-electron chi connectivity index (χ2n) is 23.6. The number of amides is 1. The first-order chi connectivity index (χ1) is 40.1. The molecule has 2 aliphatic rings. The van der Waals surface area contributed by atoms with Gasteiger partial charge in [0, 0.05) is 6.42 Å². The summed E-state index contributed by atoms with van der Waals surface area (Å²) in [5.74, 6) is -0.237. The van der Waals surface area contributed by atoms with E-state index in [1.165, 1.54) is 180 Å². The van der Waals surface area contributed by atoms with E-state index in [1.807, 2.05) is 6.08 Å². The van der Waals surface area contributed by atoms with Crippen molar-refractivity contribution in [2.75, 3.05) is 19.8 Å². The van der Waals surface area contributed by atoms with Crippen molar-refractivity contribution >= 4 is 5.91 Å². The third kappa shape index (κ3) is 37.3. The second-order valence-corrected chi connectivity index (χ2v) is 23.6. The number of aliphatic hydroxyl groups excluding tert-OH is 8. The SMILES string of the molecule is CC/C=C\C/C=C\C/C=C\C/C=C\CCCCCCCCCCCCCCCCCCCCC(=O)NC(COC1OC(CO)C(OC2OC(CO)C(O)C(O)C2O)C(O)C1O)C(O)/C=C/CCCCCCCCCCCCCCCCC. The van der Waals surface area contributed by atoms with Crippen molar-refractivity contribution in [1.82, 2.24) is 5.32 Å². The van der Waals surface area contributed by atoms with Gasteiger partial charge in [-0.25, -0.2) is 0 Å². The van der Waals surface area contributed by atoms with Gasteiger partial charge in [0.25, 0.3) is 0 Å². The number of nitrogens with one attached hydrogen (secondary N) is 1. The molecule has 82 heavy (non-hydrogen) atoms. The van der Waals surface area contributed by atoms with Gasteiger partial charge in [-0.1, -0.05) is 267 Å². The summed E-state index contributed by atoms with van der Waals surface area (Å²) in [6.07, 6.45) is 52.7. The van der Waals surface area contributed by atoms with Gasteiger partial charge in [-0.15, -0.1) is 0 Å². The van der Waals surface area contributed by atoms with Crippen molar-refractivity contribution < 1.29 is 64.6 Å². The Morgan fingerprint density at radius 2 is 0.841 bits per heavy atom. The minimum Gasteiger partial charge on any atom is -0.394 e. The average Bonchev–Trinajstić information content (AvgIpc) is 3.52. The number of carbonyl (C=O) groups is 1. The maximum absolute atomic E-state index is 13.3. The molecule has 14 heteroatoms. The van der Waals surface area contributed by atoms with Gasteiger partial charge >= 0.3 is 0 Å². The molecule has 0 spiro atoms. The highest BCUT2D eigenvalue weighted by atomic mass is 16.7. The fourth-order valence-electron chi connectivity index (χ4n) is 10.9. The van der Waals surface area contributed by atoms with E-state index in [1.54, 1.807) is 6.08 Å². The predicted molar refractivity (Wildman–Crippen MR) is 332 cm³/mol. The van der Waals surface area contributed by atoms with E-state index < -0.39 is 86.8 Å². The fraction of sp³-hybridized carbons (Fsp3) is 0.838. The van der Waals surface area contributed by atoms with Gasteiger partial charge in [-0.3, -0.25) is 4.79 Å². The number of allylic oxidation sites excluding steroid dienone is 9. The maximum atomic E-state index is 13.3. The molecule has 14 nitrogen and oxygen atoms in total. The molecule has 0 radical (unpaired) electrons. The summed E-state index contributed by atoms with van der Waals surface area (Å²) in [4.78, 5) is 13.3. The molecule has 0 aromatic rings. The first-order valence-corrected chi connectivity index (χ1v) is 33.5. The van der Waals surface area contributed by atoms with E-state index in [0.29, 0.717) is 6.42 Å². The summed E-state index contributed by atoms with van der Waals surface area (Å²) < 4.78 is 22.8. The van der Waals surface area contributed by atoms with Crippen molar-refractivity contribution in [3.8, 4) is 0 Å². The van der Waals surface area contributed by atoms with Crippen molar-refractivity contribution in [3.05, 3.63) is 60.8 Å². The molecule has 0 bridgehead atoms. The van der Waals surface area contributed by atoms with Crippen LogP contribution in [0.1, 0.15) is 271 Å². The summed E-state index contributed by atoms with van der Waals surface area (Å²) >= 11 is 0. The topological polar surface area (TPSA) is 228 Å². The minimum atomic E-state index is -1.79. The number of aliphatic hydroxyl groups is 8. The Morgan fingerprint density at radius 3 is 1.29 bits per heavy atom. The average molecular weight is 1160 g/mol. The lowest BCUT2D eigenvalue weighted by atomic mass is 9.97. The van der Waals surface area contributed by atoms with E-state index in [9.17, 15) is 45.6 Å². The zero-order valence-electron chi connectivity index (χ0n) is 51.7. The van der Waals surface area contributed by atoms with Crippen LogP contribution in [-0.2, 0) is 23.7 Å². The van der Waals surface area contributed by atoms with Crippen molar-refractivity contribution in [2.45, 2.75) is 344 Å². The Hall–Kier alpha value is -2.31. The van der Waals surface area contributed by atoms with Gasteiger partial charge in [0.1, 0.15) is 48.8 Å². The predicted octanol–water partition coefficient (Wildman–Crippen LogP) is 12.9. The van der Waals surface area contributed by atoms with E-state index in [2.05, 4.69) is 67.8 Å². The molecule has 478 valence electrons. The summed E-state index contributed by atoms with van der Waals surface area (Å²) in [5.41, 5.74) is 0. The lowest BCUT2D eigenvalue weighted by molar-refractivity contribution is -0.359. The van der Waals surface area contributed by atoms with Crippen LogP contribution in [0.5, 0.6) is 0 Å². The van der Waals surface area contributed by atoms with Crippen molar-refractivity contribution in [3.63, 3.8) is 0 Å². The molecule has 2 fully saturated rings. The van der Waals surface area contributed by atoms with Crippen LogP contribution in [0.25, 0.3) is 0 Å². The number of hydrogen-bond donors (Lipinski definition) is 9. The Morgan fingerprint density at radius 1 is 0.451 bits per heavy atom. The van der Waals surface area contributed by atoms with Crippen molar-refractivity contribution in [1.29, 1.82) is 0 Å². The summed E-state index contributed by atoms with van der Waals surface area (Å²) in [6.45, 7) is 2.71. The maximum Gasteiger partial charge on any atom is 0.220 e. The lowest BCUT2D eigenvalue weighted by Crippen LogP contribution is -2.65. The Bertz CT molecular complexity index is 1610. The molecule has 2 saturated heterocycles. The van der Waals surface area contributed by atoms with Gasteiger partial charge in [0.05, 0.1) is 32.0 Å². The first kappa shape index (κ1) is 75.8. The second kappa shape index (κ2) is 53.0. The van der Waals surface area contributed by atoms with Gasteiger partial charge in [0.15, 0.2) is 12.6 Å². The van der Waals surface area contributed by atoms with Gasteiger partial charge < -0.3 is 65.1 Å². The lowest BCUT2D eigenvalue weighted by Gasteiger charge is -2.46. The zero-order valence-corrected chi connectivity index (χ0v) is 51.7. The van der Waals surface area contributed by atoms with E-state index in [-0.39, 0.29) is 18.9 Å². The van der Waals surface area contributed by atoms with Crippen LogP contribution >= 0.6 is 0 Å². The molecule has 12 unspecified atom stereocenters. The number of rotatable bonds is 54. The fourth-order valence-corrected chi connectivity index (χ4v) is 10.9. The highest BCUT2D eigenvalue weighted by molar-refractivity contribution is 5.76. The van der Waals surface area contributed by atoms with Gasteiger partial charge in [-0.05, 0) is 57.8 Å². The van der Waals surface area contributed by atoms with Gasteiger partial charge in [0.2, 0.25) is 5.91 Å². The smallest absolute Gasteiger partial charge is 0.220 e. The molecule has 0 aromatic heterocycles. The molecule has 2 rings (SSSR count). The zero-order chi connectivity index (χ0) is 59.5. The summed E-state index contributed by atoms with van der Waals surface area (Å²) in [7, 11) is 0. The Labute approximate surface area is 498 Å². The van der Waals surface area contributed by atoms with E-state index in [4.69, 9.17) is 18.9 Å². The number of ether oxygens (including phenoxy) is 4. The van der Waals surface area contributed by atoms with Crippen LogP contribution in [-0.4, -0.2) is 140 Å². The first-order valence-electron chi connectivity index (χ1n) is 33.5. The minimum absolute atomic E-state index is 0.237. The van der Waals surface area contributed by atoms with Crippen LogP contribution in [0.15, 0.2) is 60.8 Å². The highest BCUT2D eigenvalue weighted by Crippen LogP contribution is 2.30. The quantitative estimate of drug-likeness (QED) is 0.0204. The standard InChI is InChI=1S/C68H123NO13/c1-3-5-7-9-11-13-15-17-19-21-22-23-24-25-26-27-28-29-30-31-32-33-34-36-38-40-42-44-46-48-50-52-60(73)69-56(57(72)51-49-47-45-43-41-39-37-35-20-18-16-14-12-10-8-6-4-2)55-79-67-65(78)63(76)66(59(54-71)81-67)82-68-64(77)62(75)61(74)58(53-70)80-68/h5,7,11,13,17,19,22-23,49,51,56-59,61-68,70-72,74-78H,3-4,6,8-10,12,14-16,18,20-21,24-48,50,52-55H2,1-2H3,(H,69,73)/b7-5-,13-11-,19-17-,23-22-,51-49+. The largest absolute Gasteiger partial charge is 0.394 e. The van der Waals surface area contributed by atoms with Crippen LogP contribution in [0.2, 0.25) is 0 Å². The van der Waals surface area contributed by atoms with Crippen molar-refractivity contribution in [2.24, 2.45) is 0 Å². The van der Waals surface area contributed by atoms with Crippen LogP contribution < -0.4 is 5.32 Å². The molecule has 0 aromatic carbocycles. The van der Waals surface area contributed by atoms with Crippen LogP contribution in [0.4, 0.5) is 0 Å². The molecule has 9 N–H and O–H groups in total. The Balaban J connectivity index is 1.66. The molecular weight excluding hydrogens is 1040 g/mol. The molecule has 2 heterocycles. The van der Waals surface area contributed by atoms with E-state index >= 15 is 0 Å². The van der Waals surface area contributed by atoms with Crippen LogP contribution in [0, 0.1) is 0 Å². The third-order valence-corrected chi connectivity index (χ3v) is 16.2. The molecular formula is C68H123NO13. The van der Waals surface area contributed by atoms with Gasteiger partial charge in [-0.2, -0.15) is 0 Å². The molecule has 0 aliphatic carbocycles. The van der Waals surface area contributed by atoms with Crippen LogP contribution in [0.3, 0.4) is 0 Å². The summed E-state index contributed by atoms with van der Waals surface area (Å²) in [6, 6.07) is -0.915. The molecule has 12 atom stereocenters. The summed E-state index contributed by atoms with van der Waals surface area (Å²) in [5, 5.41) is 87.3. The number of carbonyl (C=O) groups excluding carboxylic acids is 1. The molecule has 2 aliphatic heterocycles. The number of unbranched alkanes of at least 4 members (excludes halogenated alkanes) is 33. The molecule has 1 amide bonds. The third-order valence-electron chi connectivity index (χ3n) is 16.2. The number of hydrogen-bond acceptors (Lipinski definition) is 13. The highest BCUT2D eigenvalue weighted by Gasteiger charge is 2.51. The molecule has 0 saturated carbocycles.